The summed E-state index contributed by atoms with van der Waals surface area (Å²) in [5.74, 6) is 0.739. The Morgan fingerprint density at radius 1 is 1.42 bits per heavy atom. The molecule has 1 rings (SSSR count). The second kappa shape index (κ2) is 6.70. The lowest BCUT2D eigenvalue weighted by molar-refractivity contribution is 0.0165. The summed E-state index contributed by atoms with van der Waals surface area (Å²) >= 11 is 5.53. The second-order valence-electron chi connectivity index (χ2n) is 3.11. The van der Waals surface area contributed by atoms with Crippen molar-refractivity contribution in [2.24, 2.45) is 0 Å². The second-order valence-corrected chi connectivity index (χ2v) is 3.48. The number of alkyl halides is 1. The fraction of sp³-hybridized carbons (Fsp3) is 1.00. The van der Waals surface area contributed by atoms with Gasteiger partial charge in [-0.1, -0.05) is 0 Å². The van der Waals surface area contributed by atoms with Gasteiger partial charge in [-0.25, -0.2) is 0 Å². The van der Waals surface area contributed by atoms with Gasteiger partial charge in [-0.2, -0.15) is 0 Å². The van der Waals surface area contributed by atoms with Crippen LogP contribution in [0.5, 0.6) is 0 Å². The molecule has 72 valence electrons. The SMILES string of the molecule is ClCCCCOC[C@H]1CCCO1. The third-order valence-electron chi connectivity index (χ3n) is 2.00. The Labute approximate surface area is 79.2 Å². The molecule has 0 saturated carbocycles. The van der Waals surface area contributed by atoms with Gasteiger partial charge in [-0.05, 0) is 25.7 Å². The maximum Gasteiger partial charge on any atom is 0.0809 e. The molecule has 12 heavy (non-hydrogen) atoms. The first-order chi connectivity index (χ1) is 5.93. The van der Waals surface area contributed by atoms with E-state index in [2.05, 4.69) is 0 Å². The van der Waals surface area contributed by atoms with Gasteiger partial charge in [0.05, 0.1) is 12.7 Å². The monoisotopic (exact) mass is 192 g/mol. The van der Waals surface area contributed by atoms with Crippen molar-refractivity contribution in [2.45, 2.75) is 31.8 Å². The summed E-state index contributed by atoms with van der Waals surface area (Å²) in [6.07, 6.45) is 4.83. The highest BCUT2D eigenvalue weighted by atomic mass is 35.5. The van der Waals surface area contributed by atoms with Gasteiger partial charge < -0.3 is 9.47 Å². The Kier molecular flexibility index (Phi) is 5.74. The van der Waals surface area contributed by atoms with E-state index in [1.165, 1.54) is 6.42 Å². The lowest BCUT2D eigenvalue weighted by Gasteiger charge is -2.09. The van der Waals surface area contributed by atoms with Gasteiger partial charge in [0.1, 0.15) is 0 Å². The largest absolute Gasteiger partial charge is 0.379 e. The van der Waals surface area contributed by atoms with E-state index in [-0.39, 0.29) is 0 Å². The van der Waals surface area contributed by atoms with Crippen LogP contribution in [0.4, 0.5) is 0 Å². The van der Waals surface area contributed by atoms with Crippen LogP contribution in [0.1, 0.15) is 25.7 Å². The zero-order chi connectivity index (χ0) is 8.65. The summed E-state index contributed by atoms with van der Waals surface area (Å²) < 4.78 is 10.8. The van der Waals surface area contributed by atoms with Crippen molar-refractivity contribution >= 4 is 11.6 Å². The van der Waals surface area contributed by atoms with E-state index >= 15 is 0 Å². The summed E-state index contributed by atoms with van der Waals surface area (Å²) in [6.45, 7) is 2.50. The minimum atomic E-state index is 0.362. The third-order valence-corrected chi connectivity index (χ3v) is 2.27. The van der Waals surface area contributed by atoms with Crippen molar-refractivity contribution < 1.29 is 9.47 Å². The van der Waals surface area contributed by atoms with Crippen molar-refractivity contribution in [2.75, 3.05) is 25.7 Å². The van der Waals surface area contributed by atoms with Gasteiger partial charge in [0.25, 0.3) is 0 Å². The van der Waals surface area contributed by atoms with Crippen LogP contribution in [0.2, 0.25) is 0 Å². The molecule has 1 fully saturated rings. The average Bonchev–Trinajstić information content (AvgIpc) is 2.57. The van der Waals surface area contributed by atoms with Crippen LogP contribution >= 0.6 is 11.6 Å². The van der Waals surface area contributed by atoms with Crippen LogP contribution in [-0.4, -0.2) is 31.8 Å². The molecule has 0 aromatic carbocycles. The fourth-order valence-corrected chi connectivity index (χ4v) is 1.48. The predicted molar refractivity (Wildman–Crippen MR) is 49.7 cm³/mol. The van der Waals surface area contributed by atoms with Crippen LogP contribution in [0.3, 0.4) is 0 Å². The van der Waals surface area contributed by atoms with E-state index in [9.17, 15) is 0 Å². The first kappa shape index (κ1) is 10.3. The summed E-state index contributed by atoms with van der Waals surface area (Å²) in [7, 11) is 0. The van der Waals surface area contributed by atoms with Gasteiger partial charge in [0, 0.05) is 19.1 Å². The minimum Gasteiger partial charge on any atom is -0.379 e. The highest BCUT2D eigenvalue weighted by Crippen LogP contribution is 2.11. The average molecular weight is 193 g/mol. The molecule has 0 radical (unpaired) electrons. The summed E-state index contributed by atoms with van der Waals surface area (Å²) in [5, 5.41) is 0. The topological polar surface area (TPSA) is 18.5 Å². The van der Waals surface area contributed by atoms with E-state index < -0.39 is 0 Å². The minimum absolute atomic E-state index is 0.362. The molecule has 1 aliphatic rings. The molecule has 1 aliphatic heterocycles. The first-order valence-electron chi connectivity index (χ1n) is 4.69. The van der Waals surface area contributed by atoms with Crippen molar-refractivity contribution in [3.63, 3.8) is 0 Å². The predicted octanol–water partition coefficient (Wildman–Crippen LogP) is 2.20. The molecule has 2 nitrogen and oxygen atoms in total. The molecule has 0 amide bonds. The molecular weight excluding hydrogens is 176 g/mol. The normalized spacial score (nSPS) is 23.2. The molecule has 1 atom stereocenters. The highest BCUT2D eigenvalue weighted by molar-refractivity contribution is 6.17. The fourth-order valence-electron chi connectivity index (χ4n) is 1.29. The zero-order valence-corrected chi connectivity index (χ0v) is 8.18. The molecular formula is C9H17ClO2. The molecule has 0 aromatic heterocycles. The van der Waals surface area contributed by atoms with Crippen molar-refractivity contribution in [3.8, 4) is 0 Å². The first-order valence-corrected chi connectivity index (χ1v) is 5.22. The van der Waals surface area contributed by atoms with Crippen molar-refractivity contribution in [3.05, 3.63) is 0 Å². The molecule has 3 heteroatoms. The Hall–Kier alpha value is 0.210. The molecule has 0 aliphatic carbocycles. The summed E-state index contributed by atoms with van der Waals surface area (Å²) in [5.41, 5.74) is 0. The Bertz CT molecular complexity index is 103. The quantitative estimate of drug-likeness (QED) is 0.475. The van der Waals surface area contributed by atoms with Crippen LogP contribution < -0.4 is 0 Å². The van der Waals surface area contributed by atoms with E-state index in [0.29, 0.717) is 6.10 Å². The number of ether oxygens (including phenoxy) is 2. The van der Waals surface area contributed by atoms with Crippen LogP contribution in [0.25, 0.3) is 0 Å². The Morgan fingerprint density at radius 2 is 2.33 bits per heavy atom. The Balaban J connectivity index is 1.81. The van der Waals surface area contributed by atoms with Crippen LogP contribution in [-0.2, 0) is 9.47 Å². The van der Waals surface area contributed by atoms with Gasteiger partial charge >= 0.3 is 0 Å². The molecule has 0 unspecified atom stereocenters. The van der Waals surface area contributed by atoms with Gasteiger partial charge in [0.2, 0.25) is 0 Å². The van der Waals surface area contributed by atoms with E-state index in [1.54, 1.807) is 0 Å². The van der Waals surface area contributed by atoms with Gasteiger partial charge in [0.15, 0.2) is 0 Å². The molecule has 0 N–H and O–H groups in total. The maximum absolute atomic E-state index is 5.53. The lowest BCUT2D eigenvalue weighted by atomic mass is 10.2. The van der Waals surface area contributed by atoms with Crippen LogP contribution in [0.15, 0.2) is 0 Å². The lowest BCUT2D eigenvalue weighted by Crippen LogP contribution is -2.14. The Morgan fingerprint density at radius 3 is 3.00 bits per heavy atom. The van der Waals surface area contributed by atoms with E-state index in [4.69, 9.17) is 21.1 Å². The number of halogens is 1. The van der Waals surface area contributed by atoms with Crippen molar-refractivity contribution in [1.29, 1.82) is 0 Å². The highest BCUT2D eigenvalue weighted by Gasteiger charge is 2.14. The summed E-state index contributed by atoms with van der Waals surface area (Å²) in [6, 6.07) is 0. The zero-order valence-electron chi connectivity index (χ0n) is 7.43. The molecule has 0 aromatic rings. The smallest absolute Gasteiger partial charge is 0.0809 e. The third kappa shape index (κ3) is 4.29. The number of hydrogen-bond acceptors (Lipinski definition) is 2. The standard InChI is InChI=1S/C9H17ClO2/c10-5-1-2-6-11-8-9-4-3-7-12-9/h9H,1-8H2/t9-/m1/s1. The molecule has 0 spiro atoms. The number of unbranched alkanes of at least 4 members (excludes halogenated alkanes) is 1. The van der Waals surface area contributed by atoms with E-state index in [1.807, 2.05) is 0 Å². The molecule has 1 saturated heterocycles. The maximum atomic E-state index is 5.53. The number of hydrogen-bond donors (Lipinski definition) is 0. The van der Waals surface area contributed by atoms with Gasteiger partial charge in [-0.3, -0.25) is 0 Å². The van der Waals surface area contributed by atoms with E-state index in [0.717, 1.165) is 45.0 Å². The number of rotatable bonds is 6. The molecule has 1 heterocycles. The van der Waals surface area contributed by atoms with Crippen molar-refractivity contribution in [1.82, 2.24) is 0 Å². The molecule has 0 bridgehead atoms. The summed E-state index contributed by atoms with van der Waals surface area (Å²) in [4.78, 5) is 0. The van der Waals surface area contributed by atoms with Gasteiger partial charge in [-0.15, -0.1) is 11.6 Å². The van der Waals surface area contributed by atoms with Crippen LogP contribution in [0, 0.1) is 0 Å².